The number of rotatable bonds is 5. The van der Waals surface area contributed by atoms with Crippen LogP contribution in [0, 0.1) is 6.92 Å². The molecule has 21 heavy (non-hydrogen) atoms. The fourth-order valence-electron chi connectivity index (χ4n) is 1.50. The third kappa shape index (κ3) is 4.77. The topological polar surface area (TPSA) is 106 Å². The molecule has 0 heterocycles. The van der Waals surface area contributed by atoms with Gasteiger partial charge in [-0.15, -0.1) is 0 Å². The molecule has 0 spiro atoms. The van der Waals surface area contributed by atoms with E-state index >= 15 is 0 Å². The van der Waals surface area contributed by atoms with Crippen molar-refractivity contribution in [3.05, 3.63) is 28.3 Å². The second-order valence-electron chi connectivity index (χ2n) is 4.64. The van der Waals surface area contributed by atoms with Crippen LogP contribution in [-0.2, 0) is 20.8 Å². The van der Waals surface area contributed by atoms with Gasteiger partial charge in [0.15, 0.2) is 0 Å². The maximum atomic E-state index is 12.1. The van der Waals surface area contributed by atoms with Gasteiger partial charge in [-0.05, 0) is 31.5 Å². The van der Waals surface area contributed by atoms with E-state index in [4.69, 9.17) is 16.7 Å². The predicted molar refractivity (Wildman–Crippen MR) is 83.4 cm³/mol. The smallest absolute Gasteiger partial charge is 0.251 e. The molecule has 1 amide bonds. The van der Waals surface area contributed by atoms with Crippen LogP contribution in [0.3, 0.4) is 0 Å². The summed E-state index contributed by atoms with van der Waals surface area (Å²) >= 11 is 5.93. The summed E-state index contributed by atoms with van der Waals surface area (Å²) in [6, 6.07) is 2.38. The molecule has 118 valence electrons. The van der Waals surface area contributed by atoms with Gasteiger partial charge in [-0.3, -0.25) is 9.00 Å². The monoisotopic (exact) mass is 352 g/mol. The number of amides is 1. The summed E-state index contributed by atoms with van der Waals surface area (Å²) in [5, 5.41) is 7.57. The van der Waals surface area contributed by atoms with Gasteiger partial charge in [0.25, 0.3) is 5.91 Å². The number of carbonyl (C=O) groups is 1. The van der Waals surface area contributed by atoms with Crippen molar-refractivity contribution in [2.45, 2.75) is 24.0 Å². The van der Waals surface area contributed by atoms with E-state index in [9.17, 15) is 17.4 Å². The summed E-state index contributed by atoms with van der Waals surface area (Å²) in [4.78, 5) is 11.9. The first kappa shape index (κ1) is 18.1. The molecule has 1 aromatic rings. The second kappa shape index (κ2) is 6.87. The van der Waals surface area contributed by atoms with E-state index in [1.807, 2.05) is 0 Å². The third-order valence-corrected chi connectivity index (χ3v) is 5.59. The summed E-state index contributed by atoms with van der Waals surface area (Å²) in [7, 11) is -5.02. The summed E-state index contributed by atoms with van der Waals surface area (Å²) in [6.45, 7) is 3.54. The summed E-state index contributed by atoms with van der Waals surface area (Å²) in [5.74, 6) is -0.489. The van der Waals surface area contributed by atoms with E-state index in [2.05, 4.69) is 5.32 Å². The van der Waals surface area contributed by atoms with Crippen LogP contribution in [-0.4, -0.2) is 36.6 Å². The van der Waals surface area contributed by atoms with E-state index in [-0.39, 0.29) is 27.3 Å². The number of nitrogens with one attached hydrogen (secondary N) is 1. The largest absolute Gasteiger partial charge is 0.351 e. The second-order valence-corrected chi connectivity index (χ2v) is 8.41. The lowest BCUT2D eigenvalue weighted by molar-refractivity contribution is 0.0953. The van der Waals surface area contributed by atoms with Crippen molar-refractivity contribution < 1.29 is 17.4 Å². The van der Waals surface area contributed by atoms with Crippen LogP contribution in [0.1, 0.15) is 22.8 Å². The Hall–Kier alpha value is -0.960. The van der Waals surface area contributed by atoms with Crippen molar-refractivity contribution in [2.24, 2.45) is 5.14 Å². The van der Waals surface area contributed by atoms with Crippen molar-refractivity contribution >= 4 is 38.3 Å². The van der Waals surface area contributed by atoms with Crippen LogP contribution >= 0.6 is 11.6 Å². The Morgan fingerprint density at radius 1 is 1.48 bits per heavy atom. The minimum atomic E-state index is -3.96. The number of sulfonamides is 1. The average Bonchev–Trinajstić information content (AvgIpc) is 2.37. The maximum absolute atomic E-state index is 12.1. The van der Waals surface area contributed by atoms with E-state index in [0.29, 0.717) is 5.56 Å². The van der Waals surface area contributed by atoms with Gasteiger partial charge in [0, 0.05) is 39.4 Å². The Morgan fingerprint density at radius 2 is 2.05 bits per heavy atom. The number of carbonyl (C=O) groups excluding carboxylic acids is 1. The molecule has 1 aromatic carbocycles. The molecule has 0 saturated heterocycles. The van der Waals surface area contributed by atoms with Gasteiger partial charge in [-0.2, -0.15) is 0 Å². The third-order valence-electron chi connectivity index (χ3n) is 3.01. The predicted octanol–water partition coefficient (Wildman–Crippen LogP) is 0.793. The molecule has 0 aliphatic rings. The van der Waals surface area contributed by atoms with E-state index in [0.717, 1.165) is 0 Å². The highest BCUT2D eigenvalue weighted by Crippen LogP contribution is 2.23. The average molecular weight is 353 g/mol. The van der Waals surface area contributed by atoms with Crippen LogP contribution < -0.4 is 10.5 Å². The van der Waals surface area contributed by atoms with E-state index in [1.54, 1.807) is 20.1 Å². The van der Waals surface area contributed by atoms with Gasteiger partial charge in [-0.25, -0.2) is 13.6 Å². The normalized spacial score (nSPS) is 14.5. The number of hydrogen-bond acceptors (Lipinski definition) is 4. The van der Waals surface area contributed by atoms with Crippen molar-refractivity contribution in [3.63, 3.8) is 0 Å². The Labute approximate surface area is 131 Å². The van der Waals surface area contributed by atoms with Gasteiger partial charge in [0.05, 0.1) is 4.90 Å². The Morgan fingerprint density at radius 3 is 2.52 bits per heavy atom. The SMILES string of the molecule is Cc1c(Cl)cc(S(N)(=O)=O)cc1C(=O)NCC(C)S(C)=O. The molecule has 3 N–H and O–H groups in total. The van der Waals surface area contributed by atoms with Crippen LogP contribution in [0.15, 0.2) is 17.0 Å². The number of hydrogen-bond donors (Lipinski definition) is 2. The number of nitrogens with two attached hydrogens (primary N) is 1. The fourth-order valence-corrected chi connectivity index (χ4v) is 2.67. The minimum Gasteiger partial charge on any atom is -0.351 e. The molecule has 0 bridgehead atoms. The Balaban J connectivity index is 3.09. The molecule has 6 nitrogen and oxygen atoms in total. The molecule has 0 aliphatic carbocycles. The molecular weight excluding hydrogens is 336 g/mol. The first-order valence-electron chi connectivity index (χ1n) is 5.97. The lowest BCUT2D eigenvalue weighted by Crippen LogP contribution is -2.33. The highest BCUT2D eigenvalue weighted by molar-refractivity contribution is 7.89. The zero-order valence-corrected chi connectivity index (χ0v) is 14.2. The van der Waals surface area contributed by atoms with Gasteiger partial charge in [0.1, 0.15) is 0 Å². The first-order chi connectivity index (χ1) is 9.54. The number of benzene rings is 1. The van der Waals surface area contributed by atoms with Crippen molar-refractivity contribution in [1.82, 2.24) is 5.32 Å². The van der Waals surface area contributed by atoms with E-state index in [1.165, 1.54) is 12.1 Å². The fraction of sp³-hybridized carbons (Fsp3) is 0.417. The van der Waals surface area contributed by atoms with Gasteiger partial charge < -0.3 is 5.32 Å². The van der Waals surface area contributed by atoms with Crippen LogP contribution in [0.5, 0.6) is 0 Å². The standard InChI is InChI=1S/C12H17ClN2O4S2/c1-7(20(3)17)6-15-12(16)10-4-9(21(14,18)19)5-11(13)8(10)2/h4-5,7H,6H2,1-3H3,(H,15,16)(H2,14,18,19). The molecular formula is C12H17ClN2O4S2. The van der Waals surface area contributed by atoms with Crippen molar-refractivity contribution in [1.29, 1.82) is 0 Å². The van der Waals surface area contributed by atoms with Crippen LogP contribution in [0.25, 0.3) is 0 Å². The maximum Gasteiger partial charge on any atom is 0.251 e. The lowest BCUT2D eigenvalue weighted by Gasteiger charge is -2.13. The van der Waals surface area contributed by atoms with Crippen molar-refractivity contribution in [2.75, 3.05) is 12.8 Å². The molecule has 9 heteroatoms. The molecule has 0 aliphatic heterocycles. The number of halogens is 1. The van der Waals surface area contributed by atoms with E-state index < -0.39 is 26.7 Å². The zero-order valence-electron chi connectivity index (χ0n) is 11.8. The zero-order chi connectivity index (χ0) is 16.4. The highest BCUT2D eigenvalue weighted by atomic mass is 35.5. The summed E-state index contributed by atoms with van der Waals surface area (Å²) in [5.41, 5.74) is 0.576. The molecule has 2 unspecified atom stereocenters. The molecule has 0 aromatic heterocycles. The van der Waals surface area contributed by atoms with Gasteiger partial charge in [-0.1, -0.05) is 11.6 Å². The Bertz CT molecular complexity index is 689. The van der Waals surface area contributed by atoms with Gasteiger partial charge >= 0.3 is 0 Å². The molecule has 1 rings (SSSR count). The molecule has 0 fully saturated rings. The summed E-state index contributed by atoms with van der Waals surface area (Å²) in [6.07, 6.45) is 1.54. The minimum absolute atomic E-state index is 0.126. The van der Waals surface area contributed by atoms with Gasteiger partial charge in [0.2, 0.25) is 10.0 Å². The Kier molecular flexibility index (Phi) is 5.92. The first-order valence-corrected chi connectivity index (χ1v) is 9.52. The van der Waals surface area contributed by atoms with Crippen LogP contribution in [0.2, 0.25) is 5.02 Å². The highest BCUT2D eigenvalue weighted by Gasteiger charge is 2.18. The quantitative estimate of drug-likeness (QED) is 0.817. The molecule has 0 saturated carbocycles. The van der Waals surface area contributed by atoms with Crippen LogP contribution in [0.4, 0.5) is 0 Å². The summed E-state index contributed by atoms with van der Waals surface area (Å²) < 4.78 is 34.0. The molecule has 0 radical (unpaired) electrons. The number of primary sulfonamides is 1. The molecule has 2 atom stereocenters. The van der Waals surface area contributed by atoms with Crippen molar-refractivity contribution in [3.8, 4) is 0 Å². The lowest BCUT2D eigenvalue weighted by atomic mass is 10.1.